The number of fused-ring (bicyclic) bond motifs is 1. The number of pyridine rings is 1. The fourth-order valence-electron chi connectivity index (χ4n) is 3.10. The molecule has 0 saturated heterocycles. The molecule has 3 rings (SSSR count). The molecule has 5 heteroatoms. The molecule has 1 amide bonds. The molecule has 5 nitrogen and oxygen atoms in total. The van der Waals surface area contributed by atoms with Crippen molar-refractivity contribution in [1.29, 1.82) is 0 Å². The van der Waals surface area contributed by atoms with Crippen LogP contribution in [-0.4, -0.2) is 22.6 Å². The molecule has 1 aromatic heterocycles. The minimum absolute atomic E-state index is 0.0169. The molecule has 0 bridgehead atoms. The van der Waals surface area contributed by atoms with Gasteiger partial charge in [0.05, 0.1) is 0 Å². The molecule has 2 aliphatic carbocycles. The molecule has 2 aliphatic rings. The molecule has 0 aliphatic heterocycles. The number of aromatic nitrogens is 1. The van der Waals surface area contributed by atoms with Gasteiger partial charge in [-0.15, -0.1) is 0 Å². The van der Waals surface area contributed by atoms with Crippen LogP contribution >= 0.6 is 0 Å². The highest BCUT2D eigenvalue weighted by Gasteiger charge is 2.30. The van der Waals surface area contributed by atoms with E-state index in [1.807, 2.05) is 0 Å². The highest BCUT2D eigenvalue weighted by atomic mass is 16.2. The Morgan fingerprint density at radius 1 is 1.35 bits per heavy atom. The van der Waals surface area contributed by atoms with E-state index in [1.54, 1.807) is 17.7 Å². The normalized spacial score (nSPS) is 24.7. The maximum absolute atomic E-state index is 12.3. The predicted octanol–water partition coefficient (Wildman–Crippen LogP) is 0.484. The van der Waals surface area contributed by atoms with Gasteiger partial charge in [0.15, 0.2) is 0 Å². The van der Waals surface area contributed by atoms with Gasteiger partial charge in [0.25, 0.3) is 11.5 Å². The Balaban J connectivity index is 1.91. The summed E-state index contributed by atoms with van der Waals surface area (Å²) >= 11 is 0. The van der Waals surface area contributed by atoms with Crippen LogP contribution in [0.15, 0.2) is 10.9 Å². The van der Waals surface area contributed by atoms with Gasteiger partial charge in [0.1, 0.15) is 5.56 Å². The monoisotopic (exact) mass is 275 g/mol. The Bertz CT molecular complexity index is 606. The summed E-state index contributed by atoms with van der Waals surface area (Å²) in [5.41, 5.74) is 8.11. The first-order valence-corrected chi connectivity index (χ1v) is 7.36. The van der Waals surface area contributed by atoms with Crippen molar-refractivity contribution in [3.63, 3.8) is 0 Å². The number of rotatable bonds is 2. The second kappa shape index (κ2) is 5.05. The van der Waals surface area contributed by atoms with Crippen molar-refractivity contribution in [2.75, 3.05) is 0 Å². The van der Waals surface area contributed by atoms with Crippen molar-refractivity contribution in [2.24, 2.45) is 12.8 Å². The first kappa shape index (κ1) is 13.4. The van der Waals surface area contributed by atoms with Crippen LogP contribution in [-0.2, 0) is 19.9 Å². The maximum atomic E-state index is 12.3. The van der Waals surface area contributed by atoms with Gasteiger partial charge in [-0.1, -0.05) is 0 Å². The molecule has 1 saturated carbocycles. The third-order valence-corrected chi connectivity index (χ3v) is 4.63. The van der Waals surface area contributed by atoms with Gasteiger partial charge in [0.2, 0.25) is 0 Å². The lowest BCUT2D eigenvalue weighted by molar-refractivity contribution is 0.0903. The number of amides is 1. The van der Waals surface area contributed by atoms with Gasteiger partial charge in [0, 0.05) is 24.8 Å². The molecular weight excluding hydrogens is 254 g/mol. The van der Waals surface area contributed by atoms with E-state index in [9.17, 15) is 9.59 Å². The molecule has 108 valence electrons. The van der Waals surface area contributed by atoms with E-state index >= 15 is 0 Å². The number of nitrogens with one attached hydrogen (secondary N) is 1. The fraction of sp³-hybridized carbons (Fsp3) is 0.600. The van der Waals surface area contributed by atoms with Crippen molar-refractivity contribution < 1.29 is 4.79 Å². The van der Waals surface area contributed by atoms with Crippen LogP contribution < -0.4 is 16.6 Å². The van der Waals surface area contributed by atoms with E-state index < -0.39 is 0 Å². The first-order chi connectivity index (χ1) is 9.58. The molecule has 2 atom stereocenters. The Morgan fingerprint density at radius 2 is 2.10 bits per heavy atom. The third-order valence-electron chi connectivity index (χ3n) is 4.63. The van der Waals surface area contributed by atoms with E-state index in [4.69, 9.17) is 5.73 Å². The zero-order valence-corrected chi connectivity index (χ0v) is 11.8. The van der Waals surface area contributed by atoms with Crippen molar-refractivity contribution in [3.05, 3.63) is 33.2 Å². The van der Waals surface area contributed by atoms with Gasteiger partial charge >= 0.3 is 0 Å². The second-order valence-corrected chi connectivity index (χ2v) is 5.92. The van der Waals surface area contributed by atoms with Crippen LogP contribution in [0.1, 0.15) is 47.3 Å². The highest BCUT2D eigenvalue weighted by Crippen LogP contribution is 2.21. The summed E-state index contributed by atoms with van der Waals surface area (Å²) in [7, 11) is 1.76. The summed E-state index contributed by atoms with van der Waals surface area (Å²) in [6, 6.07) is 1.83. The SMILES string of the molecule is Cn1c2c(cc(C(=O)N[C@@H]3CC[C@@H]3N)c1=O)CCCC2. The number of hydrogen-bond donors (Lipinski definition) is 2. The fourth-order valence-corrected chi connectivity index (χ4v) is 3.10. The van der Waals surface area contributed by atoms with E-state index in [2.05, 4.69) is 5.32 Å². The molecule has 0 unspecified atom stereocenters. The molecule has 20 heavy (non-hydrogen) atoms. The van der Waals surface area contributed by atoms with E-state index in [-0.39, 0.29) is 29.1 Å². The largest absolute Gasteiger partial charge is 0.348 e. The van der Waals surface area contributed by atoms with Crippen molar-refractivity contribution in [2.45, 2.75) is 50.6 Å². The summed E-state index contributed by atoms with van der Waals surface area (Å²) in [6.45, 7) is 0. The average molecular weight is 275 g/mol. The Morgan fingerprint density at radius 3 is 2.75 bits per heavy atom. The van der Waals surface area contributed by atoms with Crippen molar-refractivity contribution in [3.8, 4) is 0 Å². The highest BCUT2D eigenvalue weighted by molar-refractivity contribution is 5.94. The van der Waals surface area contributed by atoms with Crippen LogP contribution in [0.3, 0.4) is 0 Å². The zero-order chi connectivity index (χ0) is 14.3. The van der Waals surface area contributed by atoms with Crippen LogP contribution in [0.25, 0.3) is 0 Å². The number of carbonyl (C=O) groups is 1. The van der Waals surface area contributed by atoms with Gasteiger partial charge < -0.3 is 15.6 Å². The molecule has 1 aromatic rings. The van der Waals surface area contributed by atoms with Gasteiger partial charge in [-0.2, -0.15) is 0 Å². The topological polar surface area (TPSA) is 77.1 Å². The first-order valence-electron chi connectivity index (χ1n) is 7.36. The maximum Gasteiger partial charge on any atom is 0.263 e. The molecule has 3 N–H and O–H groups in total. The van der Waals surface area contributed by atoms with Gasteiger partial charge in [-0.3, -0.25) is 9.59 Å². The van der Waals surface area contributed by atoms with E-state index in [0.29, 0.717) is 0 Å². The van der Waals surface area contributed by atoms with E-state index in [0.717, 1.165) is 49.8 Å². The van der Waals surface area contributed by atoms with Gasteiger partial charge in [-0.25, -0.2) is 0 Å². The minimum Gasteiger partial charge on any atom is -0.348 e. The van der Waals surface area contributed by atoms with Crippen LogP contribution in [0.4, 0.5) is 0 Å². The number of nitrogens with zero attached hydrogens (tertiary/aromatic N) is 1. The van der Waals surface area contributed by atoms with E-state index in [1.165, 1.54) is 0 Å². The number of carbonyl (C=O) groups excluding carboxylic acids is 1. The van der Waals surface area contributed by atoms with Crippen molar-refractivity contribution >= 4 is 5.91 Å². The van der Waals surface area contributed by atoms with Gasteiger partial charge in [-0.05, 0) is 50.2 Å². The van der Waals surface area contributed by atoms with Crippen LogP contribution in [0, 0.1) is 0 Å². The zero-order valence-electron chi connectivity index (χ0n) is 11.8. The second-order valence-electron chi connectivity index (χ2n) is 5.92. The molecule has 1 heterocycles. The quantitative estimate of drug-likeness (QED) is 0.824. The Kier molecular flexibility index (Phi) is 3.38. The molecular formula is C15H21N3O2. The number of aryl methyl sites for hydroxylation is 1. The number of nitrogens with two attached hydrogens (primary N) is 1. The summed E-state index contributed by atoms with van der Waals surface area (Å²) in [5, 5.41) is 2.88. The van der Waals surface area contributed by atoms with Crippen LogP contribution in [0.2, 0.25) is 0 Å². The summed E-state index contributed by atoms with van der Waals surface area (Å²) in [4.78, 5) is 24.6. The average Bonchev–Trinajstić information content (AvgIpc) is 2.46. The smallest absolute Gasteiger partial charge is 0.263 e. The molecule has 1 fully saturated rings. The minimum atomic E-state index is -0.279. The summed E-state index contributed by atoms with van der Waals surface area (Å²) in [5.74, 6) is -0.279. The summed E-state index contributed by atoms with van der Waals surface area (Å²) in [6.07, 6.45) is 5.96. The lowest BCUT2D eigenvalue weighted by Gasteiger charge is -2.34. The predicted molar refractivity (Wildman–Crippen MR) is 76.8 cm³/mol. The molecule has 0 aromatic carbocycles. The molecule has 0 spiro atoms. The van der Waals surface area contributed by atoms with Crippen LogP contribution in [0.5, 0.6) is 0 Å². The Hall–Kier alpha value is -1.62. The summed E-state index contributed by atoms with van der Waals surface area (Å²) < 4.78 is 1.64. The Labute approximate surface area is 118 Å². The van der Waals surface area contributed by atoms with Crippen molar-refractivity contribution in [1.82, 2.24) is 9.88 Å². The number of hydrogen-bond acceptors (Lipinski definition) is 3. The molecule has 0 radical (unpaired) electrons. The third kappa shape index (κ3) is 2.16. The standard InChI is InChI=1S/C15H21N3O2/c1-18-13-5-3-2-4-9(13)8-10(15(18)20)14(19)17-12-7-6-11(12)16/h8,11-12H,2-7,16H2,1H3,(H,17,19)/t11-,12+/m0/s1. The lowest BCUT2D eigenvalue weighted by Crippen LogP contribution is -2.55. The lowest BCUT2D eigenvalue weighted by atomic mass is 9.87.